The molecule has 0 aliphatic carbocycles. The second kappa shape index (κ2) is 15.8. The van der Waals surface area contributed by atoms with Crippen LogP contribution < -0.4 is 0 Å². The van der Waals surface area contributed by atoms with Gasteiger partial charge in [0.05, 0.1) is 64.2 Å². The highest BCUT2D eigenvalue weighted by molar-refractivity contribution is 5.04. The molecule has 0 amide bonds. The highest BCUT2D eigenvalue weighted by Gasteiger charge is 2.09. The first-order chi connectivity index (χ1) is 15.9. The van der Waals surface area contributed by atoms with Crippen molar-refractivity contribution in [3.8, 4) is 0 Å². The molecule has 0 radical (unpaired) electrons. The van der Waals surface area contributed by atoms with Crippen molar-refractivity contribution in [1.82, 2.24) is 19.8 Å². The highest BCUT2D eigenvalue weighted by atomic mass is 16.5. The topological polar surface area (TPSA) is 69.2 Å². The summed E-state index contributed by atoms with van der Waals surface area (Å²) in [5.74, 6) is 0. The third-order valence-corrected chi connectivity index (χ3v) is 5.17. The van der Waals surface area contributed by atoms with Crippen molar-refractivity contribution in [2.24, 2.45) is 0 Å². The Labute approximate surface area is 191 Å². The number of pyridine rings is 2. The van der Waals surface area contributed by atoms with Crippen LogP contribution >= 0.6 is 0 Å². The molecule has 1 fully saturated rings. The fraction of sp³-hybridized carbons (Fsp3) is 0.583. The number of ether oxygens (including phenoxy) is 4. The van der Waals surface area contributed by atoms with Gasteiger partial charge in [-0.1, -0.05) is 12.1 Å². The van der Waals surface area contributed by atoms with E-state index in [4.69, 9.17) is 18.9 Å². The van der Waals surface area contributed by atoms with Crippen LogP contribution in [-0.2, 0) is 32.0 Å². The van der Waals surface area contributed by atoms with Gasteiger partial charge >= 0.3 is 0 Å². The van der Waals surface area contributed by atoms with E-state index in [0.717, 1.165) is 50.7 Å². The average molecular weight is 445 g/mol. The standard InChI is InChI=1S/C24H36N4O4/c1-3-7-25-23(5-1)21-27-9-13-29-17-19-31-15-11-28(22-24-6-2-4-8-26-24)12-16-32-20-18-30-14-10-27/h1-8H,9-22H2. The maximum Gasteiger partial charge on any atom is 0.0701 e. The molecule has 0 atom stereocenters. The summed E-state index contributed by atoms with van der Waals surface area (Å²) in [7, 11) is 0. The molecule has 2 aromatic heterocycles. The molecule has 0 N–H and O–H groups in total. The minimum Gasteiger partial charge on any atom is -0.378 e. The van der Waals surface area contributed by atoms with E-state index in [1.165, 1.54) is 0 Å². The van der Waals surface area contributed by atoms with E-state index in [1.807, 2.05) is 48.8 Å². The Morgan fingerprint density at radius 1 is 0.531 bits per heavy atom. The molecule has 0 aromatic carbocycles. The molecule has 3 rings (SSSR count). The van der Waals surface area contributed by atoms with E-state index < -0.39 is 0 Å². The predicted molar refractivity (Wildman–Crippen MR) is 122 cm³/mol. The molecule has 32 heavy (non-hydrogen) atoms. The Balaban J connectivity index is 1.43. The first-order valence-corrected chi connectivity index (χ1v) is 11.5. The molecule has 0 unspecified atom stereocenters. The van der Waals surface area contributed by atoms with Gasteiger partial charge < -0.3 is 18.9 Å². The van der Waals surface area contributed by atoms with Crippen LogP contribution in [0.5, 0.6) is 0 Å². The highest BCUT2D eigenvalue weighted by Crippen LogP contribution is 2.03. The van der Waals surface area contributed by atoms with Gasteiger partial charge in [0, 0.05) is 51.7 Å². The van der Waals surface area contributed by atoms with Gasteiger partial charge in [-0.15, -0.1) is 0 Å². The smallest absolute Gasteiger partial charge is 0.0701 e. The Bertz CT molecular complexity index is 626. The van der Waals surface area contributed by atoms with Crippen LogP contribution in [0.25, 0.3) is 0 Å². The van der Waals surface area contributed by atoms with E-state index in [-0.39, 0.29) is 0 Å². The molecule has 1 aliphatic heterocycles. The Kier molecular flexibility index (Phi) is 12.2. The Hall–Kier alpha value is -1.94. The number of nitrogens with zero attached hydrogens (tertiary/aromatic N) is 4. The van der Waals surface area contributed by atoms with E-state index in [1.54, 1.807) is 0 Å². The van der Waals surface area contributed by atoms with Crippen molar-refractivity contribution >= 4 is 0 Å². The molecular weight excluding hydrogens is 408 g/mol. The zero-order chi connectivity index (χ0) is 22.1. The summed E-state index contributed by atoms with van der Waals surface area (Å²) < 4.78 is 23.2. The van der Waals surface area contributed by atoms with Crippen LogP contribution in [0, 0.1) is 0 Å². The molecule has 0 saturated carbocycles. The second-order valence-electron chi connectivity index (χ2n) is 7.64. The van der Waals surface area contributed by atoms with Crippen LogP contribution in [0.4, 0.5) is 0 Å². The third-order valence-electron chi connectivity index (χ3n) is 5.17. The van der Waals surface area contributed by atoms with Crippen LogP contribution in [-0.4, -0.2) is 98.8 Å². The van der Waals surface area contributed by atoms with Crippen molar-refractivity contribution in [3.63, 3.8) is 0 Å². The minimum absolute atomic E-state index is 0.595. The fourth-order valence-electron chi connectivity index (χ4n) is 3.40. The first-order valence-electron chi connectivity index (χ1n) is 11.5. The van der Waals surface area contributed by atoms with Crippen molar-refractivity contribution < 1.29 is 18.9 Å². The predicted octanol–water partition coefficient (Wildman–Crippen LogP) is 1.86. The van der Waals surface area contributed by atoms with Gasteiger partial charge in [-0.2, -0.15) is 0 Å². The number of aromatic nitrogens is 2. The van der Waals surface area contributed by atoms with Gasteiger partial charge in [0.15, 0.2) is 0 Å². The lowest BCUT2D eigenvalue weighted by Gasteiger charge is -2.23. The molecule has 2 aromatic rings. The van der Waals surface area contributed by atoms with E-state index in [0.29, 0.717) is 52.9 Å². The van der Waals surface area contributed by atoms with Crippen molar-refractivity contribution in [2.75, 3.05) is 79.0 Å². The van der Waals surface area contributed by atoms with Gasteiger partial charge in [-0.25, -0.2) is 0 Å². The third kappa shape index (κ3) is 10.6. The van der Waals surface area contributed by atoms with Crippen molar-refractivity contribution in [1.29, 1.82) is 0 Å². The van der Waals surface area contributed by atoms with Crippen molar-refractivity contribution in [2.45, 2.75) is 13.1 Å². The second-order valence-corrected chi connectivity index (χ2v) is 7.64. The number of hydrogen-bond acceptors (Lipinski definition) is 8. The van der Waals surface area contributed by atoms with E-state index in [9.17, 15) is 0 Å². The van der Waals surface area contributed by atoms with E-state index in [2.05, 4.69) is 19.8 Å². The number of rotatable bonds is 4. The molecule has 0 spiro atoms. The quantitative estimate of drug-likeness (QED) is 0.708. The summed E-state index contributed by atoms with van der Waals surface area (Å²) in [6, 6.07) is 12.0. The summed E-state index contributed by atoms with van der Waals surface area (Å²) in [5, 5.41) is 0. The molecule has 176 valence electrons. The monoisotopic (exact) mass is 444 g/mol. The maximum atomic E-state index is 5.80. The van der Waals surface area contributed by atoms with E-state index >= 15 is 0 Å². The van der Waals surface area contributed by atoms with Crippen LogP contribution in [0.1, 0.15) is 11.4 Å². The normalized spacial score (nSPS) is 19.8. The summed E-state index contributed by atoms with van der Waals surface area (Å²) in [5.41, 5.74) is 2.10. The molecule has 0 bridgehead atoms. The molecular formula is C24H36N4O4. The lowest BCUT2D eigenvalue weighted by Crippen LogP contribution is -2.33. The Morgan fingerprint density at radius 3 is 1.22 bits per heavy atom. The van der Waals surface area contributed by atoms with Crippen LogP contribution in [0.3, 0.4) is 0 Å². The van der Waals surface area contributed by atoms with Gasteiger partial charge in [-0.05, 0) is 24.3 Å². The van der Waals surface area contributed by atoms with Crippen molar-refractivity contribution in [3.05, 3.63) is 60.2 Å². The van der Waals surface area contributed by atoms with Crippen LogP contribution in [0.2, 0.25) is 0 Å². The molecule has 8 nitrogen and oxygen atoms in total. The number of hydrogen-bond donors (Lipinski definition) is 0. The summed E-state index contributed by atoms with van der Waals surface area (Å²) in [4.78, 5) is 13.5. The zero-order valence-electron chi connectivity index (χ0n) is 18.9. The average Bonchev–Trinajstić information content (AvgIpc) is 2.82. The zero-order valence-corrected chi connectivity index (χ0v) is 18.9. The lowest BCUT2D eigenvalue weighted by atomic mass is 10.3. The molecule has 1 saturated heterocycles. The fourth-order valence-corrected chi connectivity index (χ4v) is 3.40. The SMILES string of the molecule is c1ccc(CN2CCOCCOCCN(Cc3ccccn3)CCOCCOCC2)nc1. The largest absolute Gasteiger partial charge is 0.378 e. The summed E-state index contributed by atoms with van der Waals surface area (Å²) in [6.07, 6.45) is 3.66. The van der Waals surface area contributed by atoms with Gasteiger partial charge in [0.2, 0.25) is 0 Å². The summed E-state index contributed by atoms with van der Waals surface area (Å²) >= 11 is 0. The molecule has 1 aliphatic rings. The minimum atomic E-state index is 0.595. The summed E-state index contributed by atoms with van der Waals surface area (Å²) in [6.45, 7) is 9.89. The van der Waals surface area contributed by atoms with Gasteiger partial charge in [0.1, 0.15) is 0 Å². The molecule has 3 heterocycles. The first kappa shape index (κ1) is 24.7. The molecule has 8 heteroatoms. The lowest BCUT2D eigenvalue weighted by molar-refractivity contribution is 0.00599. The van der Waals surface area contributed by atoms with Crippen LogP contribution in [0.15, 0.2) is 48.8 Å². The van der Waals surface area contributed by atoms with Gasteiger partial charge in [0.25, 0.3) is 0 Å². The van der Waals surface area contributed by atoms with Gasteiger partial charge in [-0.3, -0.25) is 19.8 Å². The Morgan fingerprint density at radius 2 is 0.906 bits per heavy atom. The maximum absolute atomic E-state index is 5.80.